The maximum Gasteiger partial charge on any atom is 0.452 e. The minimum atomic E-state index is -4.47. The molecule has 1 saturated heterocycles. The van der Waals surface area contributed by atoms with E-state index < -0.39 is 12.0 Å². The highest BCUT2D eigenvalue weighted by atomic mass is 32.1. The molecule has 0 spiro atoms. The van der Waals surface area contributed by atoms with E-state index >= 15 is 0 Å². The topological polar surface area (TPSA) is 41.9 Å². The molecule has 1 fully saturated rings. The molecule has 100 valence electrons. The zero-order valence-electron chi connectivity index (χ0n) is 9.63. The second kappa shape index (κ2) is 4.44. The first-order valence-electron chi connectivity index (χ1n) is 5.61. The minimum Gasteiger partial charge on any atom is -0.345 e. The highest BCUT2D eigenvalue weighted by Gasteiger charge is 2.38. The Bertz CT molecular complexity index is 563. The van der Waals surface area contributed by atoms with Crippen molar-refractivity contribution in [2.45, 2.75) is 12.1 Å². The van der Waals surface area contributed by atoms with Gasteiger partial charge in [-0.1, -0.05) is 6.07 Å². The third kappa shape index (κ3) is 2.40. The van der Waals surface area contributed by atoms with Crippen LogP contribution < -0.4 is 4.90 Å². The van der Waals surface area contributed by atoms with Gasteiger partial charge in [0.15, 0.2) is 0 Å². The summed E-state index contributed by atoms with van der Waals surface area (Å²) in [5.74, 6) is -0.812. The van der Waals surface area contributed by atoms with E-state index in [0.717, 1.165) is 17.2 Å². The van der Waals surface area contributed by atoms with Gasteiger partial charge in [0.25, 0.3) is 0 Å². The third-order valence-electron chi connectivity index (χ3n) is 2.93. The van der Waals surface area contributed by atoms with Crippen molar-refractivity contribution in [3.05, 3.63) is 35.9 Å². The van der Waals surface area contributed by atoms with Crippen LogP contribution in [0.4, 0.5) is 18.3 Å². The lowest BCUT2D eigenvalue weighted by Gasteiger charge is -2.38. The number of anilines is 1. The van der Waals surface area contributed by atoms with Gasteiger partial charge in [0.2, 0.25) is 11.0 Å². The number of pyridine rings is 1. The third-order valence-corrected chi connectivity index (χ3v) is 3.70. The molecule has 0 atom stereocenters. The second-order valence-corrected chi connectivity index (χ2v) is 4.99. The molecule has 3 heterocycles. The summed E-state index contributed by atoms with van der Waals surface area (Å²) in [5, 5.41) is 0.319. The summed E-state index contributed by atoms with van der Waals surface area (Å²) in [5.41, 5.74) is 0.958. The Hall–Kier alpha value is -1.70. The molecule has 0 unspecified atom stereocenters. The number of alkyl halides is 3. The summed E-state index contributed by atoms with van der Waals surface area (Å²) in [4.78, 5) is 9.54. The fraction of sp³-hybridized carbons (Fsp3) is 0.364. The van der Waals surface area contributed by atoms with Gasteiger partial charge in [-0.3, -0.25) is 4.98 Å². The van der Waals surface area contributed by atoms with Crippen molar-refractivity contribution in [3.63, 3.8) is 0 Å². The monoisotopic (exact) mass is 286 g/mol. The number of hydrogen-bond donors (Lipinski definition) is 0. The van der Waals surface area contributed by atoms with E-state index in [0.29, 0.717) is 18.2 Å². The van der Waals surface area contributed by atoms with Gasteiger partial charge >= 0.3 is 6.18 Å². The van der Waals surface area contributed by atoms with Gasteiger partial charge in [0.1, 0.15) is 0 Å². The van der Waals surface area contributed by atoms with E-state index in [1.54, 1.807) is 11.1 Å². The summed E-state index contributed by atoms with van der Waals surface area (Å²) in [6.45, 7) is 1.26. The molecule has 0 N–H and O–H groups in total. The Morgan fingerprint density at radius 3 is 2.63 bits per heavy atom. The van der Waals surface area contributed by atoms with Gasteiger partial charge in [-0.05, 0) is 12.1 Å². The van der Waals surface area contributed by atoms with Gasteiger partial charge in [-0.25, -0.2) is 0 Å². The number of hydrogen-bond acceptors (Lipinski definition) is 5. The highest BCUT2D eigenvalue weighted by Crippen LogP contribution is 2.34. The van der Waals surface area contributed by atoms with Crippen molar-refractivity contribution < 1.29 is 13.2 Å². The summed E-state index contributed by atoms with van der Waals surface area (Å²) < 4.78 is 40.5. The summed E-state index contributed by atoms with van der Waals surface area (Å²) in [7, 11) is 0. The molecule has 1 aliphatic heterocycles. The molecule has 8 heteroatoms. The van der Waals surface area contributed by atoms with Gasteiger partial charge < -0.3 is 4.90 Å². The first-order chi connectivity index (χ1) is 9.04. The zero-order valence-corrected chi connectivity index (χ0v) is 10.4. The lowest BCUT2D eigenvalue weighted by Crippen LogP contribution is -2.45. The molecule has 0 amide bonds. The first kappa shape index (κ1) is 12.3. The van der Waals surface area contributed by atoms with Crippen LogP contribution >= 0.6 is 11.5 Å². The van der Waals surface area contributed by atoms with Gasteiger partial charge in [-0.15, -0.1) is 0 Å². The van der Waals surface area contributed by atoms with Crippen LogP contribution in [0.5, 0.6) is 0 Å². The maximum atomic E-state index is 12.4. The molecule has 3 rings (SSSR count). The number of rotatable bonds is 2. The minimum absolute atomic E-state index is 0.249. The molecule has 2 aromatic rings. The second-order valence-electron chi connectivity index (χ2n) is 4.25. The van der Waals surface area contributed by atoms with E-state index in [1.165, 1.54) is 0 Å². The highest BCUT2D eigenvalue weighted by molar-refractivity contribution is 7.09. The standard InChI is InChI=1S/C11H9F3N4S/c12-11(13,14)9-16-10(19-17-9)18-5-7(6-18)8-3-1-2-4-15-8/h1-4,7H,5-6H2. The van der Waals surface area contributed by atoms with Crippen molar-refractivity contribution in [2.24, 2.45) is 0 Å². The van der Waals surface area contributed by atoms with Crippen LogP contribution in [0.3, 0.4) is 0 Å². The smallest absolute Gasteiger partial charge is 0.345 e. The molecule has 19 heavy (non-hydrogen) atoms. The normalized spacial score (nSPS) is 16.5. The van der Waals surface area contributed by atoms with Crippen molar-refractivity contribution in [1.29, 1.82) is 0 Å². The Kier molecular flexibility index (Phi) is 2.89. The molecule has 2 aromatic heterocycles. The predicted molar refractivity (Wildman–Crippen MR) is 64.1 cm³/mol. The van der Waals surface area contributed by atoms with Crippen LogP contribution in [-0.4, -0.2) is 27.4 Å². The van der Waals surface area contributed by atoms with E-state index in [2.05, 4.69) is 14.3 Å². The molecule has 1 aliphatic rings. The number of nitrogens with zero attached hydrogens (tertiary/aromatic N) is 4. The first-order valence-corrected chi connectivity index (χ1v) is 6.38. The van der Waals surface area contributed by atoms with E-state index in [4.69, 9.17) is 0 Å². The van der Waals surface area contributed by atoms with Crippen LogP contribution in [0.1, 0.15) is 17.4 Å². The molecule has 0 aliphatic carbocycles. The largest absolute Gasteiger partial charge is 0.452 e. The van der Waals surface area contributed by atoms with Crippen LogP contribution in [0, 0.1) is 0 Å². The van der Waals surface area contributed by atoms with Crippen LogP contribution in [0.25, 0.3) is 0 Å². The molecular formula is C11H9F3N4S. The van der Waals surface area contributed by atoms with Gasteiger partial charge in [0.05, 0.1) is 0 Å². The van der Waals surface area contributed by atoms with Crippen molar-refractivity contribution in [2.75, 3.05) is 18.0 Å². The molecule has 0 bridgehead atoms. The Morgan fingerprint density at radius 2 is 2.05 bits per heavy atom. The van der Waals surface area contributed by atoms with E-state index in [1.807, 2.05) is 18.2 Å². The Labute approximate surface area is 111 Å². The molecule has 4 nitrogen and oxygen atoms in total. The van der Waals surface area contributed by atoms with Crippen molar-refractivity contribution >= 4 is 16.7 Å². The number of halogens is 3. The molecular weight excluding hydrogens is 277 g/mol. The van der Waals surface area contributed by atoms with Crippen molar-refractivity contribution in [1.82, 2.24) is 14.3 Å². The van der Waals surface area contributed by atoms with Crippen LogP contribution in [0.2, 0.25) is 0 Å². The fourth-order valence-corrected chi connectivity index (χ4v) is 2.60. The Balaban J connectivity index is 1.66. The average Bonchev–Trinajstić information content (AvgIpc) is 2.77. The predicted octanol–water partition coefficient (Wildman–Crippen LogP) is 2.56. The maximum absolute atomic E-state index is 12.4. The van der Waals surface area contributed by atoms with Crippen LogP contribution in [-0.2, 0) is 6.18 Å². The van der Waals surface area contributed by atoms with Gasteiger partial charge in [-0.2, -0.15) is 22.5 Å². The van der Waals surface area contributed by atoms with Gasteiger partial charge in [0, 0.05) is 42.4 Å². The van der Waals surface area contributed by atoms with Crippen LogP contribution in [0.15, 0.2) is 24.4 Å². The molecule has 0 radical (unpaired) electrons. The van der Waals surface area contributed by atoms with E-state index in [9.17, 15) is 13.2 Å². The van der Waals surface area contributed by atoms with Crippen molar-refractivity contribution in [3.8, 4) is 0 Å². The Morgan fingerprint density at radius 1 is 1.26 bits per heavy atom. The summed E-state index contributed by atoms with van der Waals surface area (Å²) >= 11 is 0.782. The molecule has 0 aromatic carbocycles. The summed E-state index contributed by atoms with van der Waals surface area (Å²) in [6.07, 6.45) is -2.76. The average molecular weight is 286 g/mol. The summed E-state index contributed by atoms with van der Waals surface area (Å²) in [6, 6.07) is 5.65. The molecule has 0 saturated carbocycles. The lowest BCUT2D eigenvalue weighted by molar-refractivity contribution is -0.144. The lowest BCUT2D eigenvalue weighted by atomic mass is 9.96. The SMILES string of the molecule is FC(F)(F)c1nsc(N2CC(c3ccccn3)C2)n1. The number of aromatic nitrogens is 3. The quantitative estimate of drug-likeness (QED) is 0.851. The zero-order chi connectivity index (χ0) is 13.5. The fourth-order valence-electron chi connectivity index (χ4n) is 1.90. The van der Waals surface area contributed by atoms with E-state index in [-0.39, 0.29) is 5.92 Å².